The number of aliphatic hydroxyl groups is 2. The van der Waals surface area contributed by atoms with Crippen LogP contribution < -0.4 is 30.7 Å². The summed E-state index contributed by atoms with van der Waals surface area (Å²) < 4.78 is 40.7. The number of anilines is 6. The third-order valence-corrected chi connectivity index (χ3v) is 29.7. The summed E-state index contributed by atoms with van der Waals surface area (Å²) in [4.78, 5) is 38.8. The molecule has 0 saturated heterocycles. The van der Waals surface area contributed by atoms with Gasteiger partial charge in [-0.25, -0.2) is 14.0 Å². The topological polar surface area (TPSA) is 174 Å². The minimum atomic E-state index is -1.76. The van der Waals surface area contributed by atoms with Crippen LogP contribution in [-0.2, 0) is 44.8 Å². The molecule has 7 rings (SSSR count). The second-order valence-electron chi connectivity index (χ2n) is 25.4. The number of aliphatic hydroxyl groups excluding tert-OH is 2. The third kappa shape index (κ3) is 30.5. The summed E-state index contributed by atoms with van der Waals surface area (Å²) in [6.07, 6.45) is 16.7. The van der Waals surface area contributed by atoms with Gasteiger partial charge in [-0.15, -0.1) is 19.3 Å². The smallest absolute Gasteiger partial charge is 0.340 e. The van der Waals surface area contributed by atoms with Crippen LogP contribution in [-0.4, -0.2) is 121 Å². The predicted octanol–water partition coefficient (Wildman–Crippen LogP) is 21.0. The van der Waals surface area contributed by atoms with Gasteiger partial charge < -0.3 is 59.2 Å². The van der Waals surface area contributed by atoms with Crippen LogP contribution in [0.2, 0.25) is 36.3 Å². The van der Waals surface area contributed by atoms with Gasteiger partial charge in [0.25, 0.3) is 0 Å². The molecule has 0 bridgehead atoms. The molecule has 0 aliphatic heterocycles. The number of hydrogen-bond donors (Lipinski definition) is 5. The lowest BCUT2D eigenvalue weighted by Crippen LogP contribution is -2.40. The lowest BCUT2D eigenvalue weighted by Gasteiger charge is -2.36. The summed E-state index contributed by atoms with van der Waals surface area (Å²) in [5.41, 5.74) is 11.0. The Morgan fingerprint density at radius 2 is 0.786 bits per heavy atom. The van der Waals surface area contributed by atoms with Crippen molar-refractivity contribution < 1.29 is 47.3 Å². The number of ether oxygens (including phenoxy) is 2. The molecule has 5 N–H and O–H groups in total. The van der Waals surface area contributed by atoms with Gasteiger partial charge in [0, 0.05) is 96.9 Å². The molecule has 0 fully saturated rings. The molecule has 0 atom stereocenters. The van der Waals surface area contributed by atoms with E-state index in [-0.39, 0.29) is 39.3 Å². The van der Waals surface area contributed by atoms with E-state index in [4.69, 9.17) is 38.3 Å². The van der Waals surface area contributed by atoms with Crippen LogP contribution in [0.5, 0.6) is 0 Å². The minimum absolute atomic E-state index is 0.0175. The Morgan fingerprint density at radius 1 is 0.476 bits per heavy atom. The highest BCUT2D eigenvalue weighted by Crippen LogP contribution is 2.40. The average molecular weight is 1900 g/mol. The Labute approximate surface area is 673 Å². The quantitative estimate of drug-likeness (QED) is 0.0211. The number of carbonyl (C=O) groups is 3. The highest BCUT2D eigenvalue weighted by atomic mass is 79.9. The number of para-hydroxylation sites is 6. The van der Waals surface area contributed by atoms with Crippen molar-refractivity contribution in [3.05, 3.63) is 203 Å². The van der Waals surface area contributed by atoms with E-state index in [2.05, 4.69) is 246 Å². The molecular formula is C78H98Br7FN6O9Si2. The number of nitrogens with zero attached hydrogens (tertiary/aromatic N) is 3. The first-order valence-corrected chi connectivity index (χ1v) is 43.4. The molecule has 0 aliphatic rings. The zero-order valence-electron chi connectivity index (χ0n) is 62.0. The van der Waals surface area contributed by atoms with E-state index < -0.39 is 28.4 Å². The van der Waals surface area contributed by atoms with Crippen LogP contribution in [0, 0.1) is 42.8 Å². The van der Waals surface area contributed by atoms with E-state index in [0.717, 1.165) is 78.4 Å². The summed E-state index contributed by atoms with van der Waals surface area (Å²) in [5.74, 6) is 6.18. The van der Waals surface area contributed by atoms with E-state index in [1.807, 2.05) is 118 Å². The van der Waals surface area contributed by atoms with Crippen molar-refractivity contribution in [3.63, 3.8) is 0 Å². The number of esters is 2. The number of rotatable bonds is 20. The molecule has 0 aliphatic carbocycles. The first-order valence-electron chi connectivity index (χ1n) is 32.0. The Kier molecular flexibility index (Phi) is 44.1. The predicted molar refractivity (Wildman–Crippen MR) is 458 cm³/mol. The molecule has 25 heteroatoms. The zero-order valence-corrected chi connectivity index (χ0v) is 75.1. The van der Waals surface area contributed by atoms with Crippen LogP contribution in [0.15, 0.2) is 159 Å². The highest BCUT2D eigenvalue weighted by Gasteiger charge is 2.38. The van der Waals surface area contributed by atoms with E-state index in [0.29, 0.717) is 44.0 Å². The fourth-order valence-electron chi connectivity index (χ4n) is 8.63. The maximum absolute atomic E-state index is 13.1. The molecule has 0 radical (unpaired) electrons. The normalized spacial score (nSPS) is 10.6. The van der Waals surface area contributed by atoms with Gasteiger partial charge in [0.15, 0.2) is 28.7 Å². The third-order valence-electron chi connectivity index (χ3n) is 16.3. The van der Waals surface area contributed by atoms with Crippen LogP contribution in [0.25, 0.3) is 0 Å². The van der Waals surface area contributed by atoms with Gasteiger partial charge in [-0.05, 0) is 208 Å². The number of benzene rings is 7. The van der Waals surface area contributed by atoms with Gasteiger partial charge >= 0.3 is 11.9 Å². The highest BCUT2D eigenvalue weighted by molar-refractivity contribution is 9.11. The summed E-state index contributed by atoms with van der Waals surface area (Å²) in [5, 5.41) is 27.7. The SMILES string of the molecule is C#CCN(C)c1c(Br)cccc1C=O.C#CCN(C)c1c(Br)cccc1CO.C#CCN(C)c1c(Br)cccc1CO[Si](C)(C)C(C)(C)C.CNc1c(Br)cccc1C(=O)OC.CNc1c(Br)cccc1CO.CNc1c(Br)cccc1CO[Si](C)(C)C(C)(C)C.COC(=O)c1cccc(Br)c1F. The summed E-state index contributed by atoms with van der Waals surface area (Å²) >= 11 is 23.7. The number of methoxy groups -OCH3 is 2. The average Bonchev–Trinajstić information content (AvgIpc) is 0.776. The van der Waals surface area contributed by atoms with Crippen molar-refractivity contribution in [1.29, 1.82) is 0 Å². The second-order valence-corrected chi connectivity index (χ2v) is 41.0. The van der Waals surface area contributed by atoms with Gasteiger partial charge in [-0.2, -0.15) is 0 Å². The molecule has 558 valence electrons. The molecule has 7 aromatic carbocycles. The van der Waals surface area contributed by atoms with Crippen molar-refractivity contribution in [3.8, 4) is 37.0 Å². The monoisotopic (exact) mass is 1890 g/mol. The molecule has 7 aromatic rings. The number of nitrogens with one attached hydrogen (secondary N) is 3. The van der Waals surface area contributed by atoms with Crippen LogP contribution in [0.3, 0.4) is 0 Å². The molecule has 0 aromatic heterocycles. The Hall–Kier alpha value is -5.81. The maximum Gasteiger partial charge on any atom is 0.340 e. The summed E-state index contributed by atoms with van der Waals surface area (Å²) in [6.45, 7) is 25.6. The van der Waals surface area contributed by atoms with Crippen LogP contribution in [0.1, 0.15) is 94.9 Å². The van der Waals surface area contributed by atoms with E-state index >= 15 is 0 Å². The zero-order chi connectivity index (χ0) is 78.6. The molecule has 0 amide bonds. The van der Waals surface area contributed by atoms with Crippen molar-refractivity contribution in [1.82, 2.24) is 0 Å². The minimum Gasteiger partial charge on any atom is -0.465 e. The second kappa shape index (κ2) is 47.7. The number of hydrogen-bond acceptors (Lipinski definition) is 15. The summed E-state index contributed by atoms with van der Waals surface area (Å²) in [6, 6.07) is 39.1. The number of halogens is 8. The number of aldehydes is 1. The van der Waals surface area contributed by atoms with Gasteiger partial charge in [0.1, 0.15) is 0 Å². The van der Waals surface area contributed by atoms with E-state index in [9.17, 15) is 18.8 Å². The van der Waals surface area contributed by atoms with E-state index in [1.165, 1.54) is 37.5 Å². The molecule has 103 heavy (non-hydrogen) atoms. The number of terminal acetylenes is 3. The lowest BCUT2D eigenvalue weighted by atomic mass is 10.1. The fraction of sp³-hybridized carbons (Fsp3) is 0.346. The Balaban J connectivity index is 0.000000607. The fourth-order valence-corrected chi connectivity index (χ4v) is 14.8. The van der Waals surface area contributed by atoms with Crippen molar-refractivity contribution in [2.75, 3.05) is 107 Å². The molecule has 0 spiro atoms. The summed E-state index contributed by atoms with van der Waals surface area (Å²) in [7, 11) is 10.4. The molecule has 0 heterocycles. The Morgan fingerprint density at radius 3 is 1.17 bits per heavy atom. The maximum atomic E-state index is 13.1. The van der Waals surface area contributed by atoms with E-state index in [1.54, 1.807) is 31.3 Å². The van der Waals surface area contributed by atoms with Crippen molar-refractivity contribution >= 4 is 180 Å². The van der Waals surface area contributed by atoms with Gasteiger partial charge in [-0.3, -0.25) is 4.79 Å². The lowest BCUT2D eigenvalue weighted by molar-refractivity contribution is 0.0589. The van der Waals surface area contributed by atoms with Gasteiger partial charge in [-0.1, -0.05) is 126 Å². The first kappa shape index (κ1) is 95.2. The molecule has 15 nitrogen and oxygen atoms in total. The largest absolute Gasteiger partial charge is 0.465 e. The standard InChI is InChI=1S/C17H26BrNOSi.C14H24BrNOSi.C11H12BrNO.C11H10BrNO.C9H10BrNO2.C8H6BrFO2.C8H10BrNO/c1-8-12-19(5)16-14(10-9-11-15(16)18)13-20-21(6,7)17(2,3)4;1-14(2,3)18(5,6)17-10-11-8-7-9-12(15)13(11)16-4;2*1-3-7-13(2)11-9(8-14)5-4-6-10(11)12;1-11-8-6(9(12)13-2)4-3-5-7(8)10;1-12-8(11)5-3-2-4-6(9)7(5)10;1-10-8-6(5-11)3-2-4-7(8)9/h1,9-11H,12-13H2,2-7H3;7-9,16H,10H2,1-6H3;1,4-6,14H,7-8H2,2H3;1,4-6,8H,7H2,2H3;3-5,11H,1-2H3;2-4H,1H3;2-4,10-11H,5H2,1H3. The molecule has 0 unspecified atom stereocenters. The number of carbonyl (C=O) groups excluding carboxylic acids is 3. The van der Waals surface area contributed by atoms with Gasteiger partial charge in [0.05, 0.1) is 110 Å². The van der Waals surface area contributed by atoms with Crippen LogP contribution in [0.4, 0.5) is 38.5 Å². The van der Waals surface area contributed by atoms with Crippen molar-refractivity contribution in [2.24, 2.45) is 0 Å². The molecular weight excluding hydrogens is 1800 g/mol. The molecule has 0 saturated carbocycles. The van der Waals surface area contributed by atoms with Gasteiger partial charge in [0.2, 0.25) is 0 Å². The van der Waals surface area contributed by atoms with Crippen molar-refractivity contribution in [2.45, 2.75) is 104 Å². The first-order chi connectivity index (χ1) is 48.3. The Bertz CT molecular complexity index is 3990. The van der Waals surface area contributed by atoms with Crippen LogP contribution >= 0.6 is 112 Å².